The van der Waals surface area contributed by atoms with Crippen LogP contribution in [0.2, 0.25) is 5.02 Å². The van der Waals surface area contributed by atoms with Crippen molar-refractivity contribution < 1.29 is 24.4 Å². The first-order valence-electron chi connectivity index (χ1n) is 10.6. The van der Waals surface area contributed by atoms with Crippen LogP contribution in [0.15, 0.2) is 36.4 Å². The minimum Gasteiger partial charge on any atom is -0.456 e. The molecule has 2 saturated heterocycles. The monoisotopic (exact) mass is 442 g/mol. The van der Waals surface area contributed by atoms with Crippen LogP contribution in [-0.4, -0.2) is 64.4 Å². The second-order valence-corrected chi connectivity index (χ2v) is 9.13. The van der Waals surface area contributed by atoms with E-state index in [9.17, 15) is 10.2 Å². The summed E-state index contributed by atoms with van der Waals surface area (Å²) in [5, 5.41) is 20.2. The van der Waals surface area contributed by atoms with Gasteiger partial charge in [0.05, 0.1) is 35.9 Å². The molecule has 3 aromatic rings. The van der Waals surface area contributed by atoms with E-state index >= 15 is 0 Å². The van der Waals surface area contributed by atoms with Gasteiger partial charge in [-0.25, -0.2) is 0 Å². The van der Waals surface area contributed by atoms with Crippen molar-refractivity contribution in [2.45, 2.75) is 42.7 Å². The van der Waals surface area contributed by atoms with Crippen LogP contribution < -0.4 is 4.74 Å². The van der Waals surface area contributed by atoms with E-state index < -0.39 is 6.10 Å². The largest absolute Gasteiger partial charge is 0.456 e. The molecule has 1 saturated carbocycles. The Balaban J connectivity index is 1.26. The van der Waals surface area contributed by atoms with Gasteiger partial charge in [-0.3, -0.25) is 0 Å². The van der Waals surface area contributed by atoms with Gasteiger partial charge in [0.1, 0.15) is 18.3 Å². The van der Waals surface area contributed by atoms with Crippen molar-refractivity contribution >= 4 is 22.6 Å². The quantitative estimate of drug-likeness (QED) is 0.562. The summed E-state index contributed by atoms with van der Waals surface area (Å²) in [6.45, 7) is 0.788. The van der Waals surface area contributed by atoms with Crippen molar-refractivity contribution in [3.05, 3.63) is 47.0 Å². The highest BCUT2D eigenvalue weighted by atomic mass is 35.5. The van der Waals surface area contributed by atoms with Gasteiger partial charge in [-0.1, -0.05) is 35.9 Å². The van der Waals surface area contributed by atoms with E-state index in [-0.39, 0.29) is 36.9 Å². The fraction of sp³-hybridized carbons (Fsp3) is 0.435. The minimum atomic E-state index is -0.616. The van der Waals surface area contributed by atoms with E-state index in [0.717, 1.165) is 35.0 Å². The summed E-state index contributed by atoms with van der Waals surface area (Å²) < 4.78 is 17.2. The number of aliphatic hydroxyl groups excluding tert-OH is 2. The zero-order valence-corrected chi connectivity index (χ0v) is 17.5. The smallest absolute Gasteiger partial charge is 0.295 e. The fourth-order valence-corrected chi connectivity index (χ4v) is 4.94. The highest BCUT2D eigenvalue weighted by Gasteiger charge is 2.48. The van der Waals surface area contributed by atoms with Crippen LogP contribution in [0.25, 0.3) is 22.2 Å². The Morgan fingerprint density at radius 1 is 1.13 bits per heavy atom. The topological polar surface area (TPSA) is 96.8 Å². The van der Waals surface area contributed by atoms with Crippen molar-refractivity contribution in [3.8, 4) is 17.1 Å². The molecule has 0 radical (unpaired) electrons. The Hall–Kier alpha value is -2.16. The summed E-state index contributed by atoms with van der Waals surface area (Å²) in [5.74, 6) is 0. The Kier molecular flexibility index (Phi) is 4.52. The number of benzene rings is 2. The van der Waals surface area contributed by atoms with Gasteiger partial charge in [0.25, 0.3) is 6.01 Å². The molecule has 7 nitrogen and oxygen atoms in total. The molecule has 0 spiro atoms. The summed E-state index contributed by atoms with van der Waals surface area (Å²) in [7, 11) is 0. The normalized spacial score (nSPS) is 28.7. The standard InChI is InChI=1S/C23H23ClN2O5/c24-15-8-17-16(7-14(15)12-1-3-13(4-2-12)23(11-27)5-6-23)25-22(26-17)31-19-10-30-20-18(28)9-29-21(19)20/h1-4,7-8,18-21,27-28H,5-6,9-11H2,(H,25,26)/t18-,19-,20-,21-/m0/s1. The van der Waals surface area contributed by atoms with Gasteiger partial charge in [0, 0.05) is 11.0 Å². The molecule has 0 bridgehead atoms. The fourth-order valence-electron chi connectivity index (χ4n) is 4.66. The number of halogens is 1. The highest BCUT2D eigenvalue weighted by Crippen LogP contribution is 2.48. The van der Waals surface area contributed by atoms with Gasteiger partial charge in [0.15, 0.2) is 6.10 Å². The second-order valence-electron chi connectivity index (χ2n) is 8.73. The molecule has 1 aliphatic carbocycles. The lowest BCUT2D eigenvalue weighted by Gasteiger charge is -2.15. The van der Waals surface area contributed by atoms with Gasteiger partial charge in [0.2, 0.25) is 0 Å². The number of ether oxygens (including phenoxy) is 3. The molecule has 2 aliphatic heterocycles. The predicted molar refractivity (Wildman–Crippen MR) is 114 cm³/mol. The van der Waals surface area contributed by atoms with Crippen molar-refractivity contribution in [1.82, 2.24) is 9.97 Å². The van der Waals surface area contributed by atoms with Crippen LogP contribution >= 0.6 is 11.6 Å². The van der Waals surface area contributed by atoms with Gasteiger partial charge in [-0.05, 0) is 36.1 Å². The average molecular weight is 443 g/mol. The predicted octanol–water partition coefficient (Wildman–Crippen LogP) is 2.81. The van der Waals surface area contributed by atoms with E-state index in [1.807, 2.05) is 24.3 Å². The highest BCUT2D eigenvalue weighted by molar-refractivity contribution is 6.34. The lowest BCUT2D eigenvalue weighted by Crippen LogP contribution is -2.34. The van der Waals surface area contributed by atoms with Crippen molar-refractivity contribution in [1.29, 1.82) is 0 Å². The van der Waals surface area contributed by atoms with Crippen molar-refractivity contribution in [3.63, 3.8) is 0 Å². The van der Waals surface area contributed by atoms with Crippen LogP contribution in [0.5, 0.6) is 6.01 Å². The SMILES string of the molecule is OCC1(c2ccc(-c3cc4nc(O[C@H]5CO[C@@H]6[C@H]5OC[C@@H]6O)[nH]c4cc3Cl)cc2)CC1. The maximum Gasteiger partial charge on any atom is 0.295 e. The molecular weight excluding hydrogens is 420 g/mol. The van der Waals surface area contributed by atoms with Crippen LogP contribution in [-0.2, 0) is 14.9 Å². The molecule has 6 rings (SSSR count). The molecule has 4 atom stereocenters. The summed E-state index contributed by atoms with van der Waals surface area (Å²) in [6, 6.07) is 12.4. The Morgan fingerprint density at radius 3 is 2.65 bits per heavy atom. The molecule has 0 amide bonds. The van der Waals surface area contributed by atoms with E-state index in [4.69, 9.17) is 25.8 Å². The van der Waals surface area contributed by atoms with E-state index in [2.05, 4.69) is 22.1 Å². The van der Waals surface area contributed by atoms with Crippen LogP contribution in [0.1, 0.15) is 18.4 Å². The Morgan fingerprint density at radius 2 is 1.90 bits per heavy atom. The van der Waals surface area contributed by atoms with Crippen LogP contribution in [0.4, 0.5) is 0 Å². The lowest BCUT2D eigenvalue weighted by molar-refractivity contribution is 0.00706. The molecule has 162 valence electrons. The third-order valence-corrected chi connectivity index (χ3v) is 7.07. The molecule has 0 unspecified atom stereocenters. The molecule has 1 aromatic heterocycles. The van der Waals surface area contributed by atoms with E-state index in [1.165, 1.54) is 5.56 Å². The first-order valence-corrected chi connectivity index (χ1v) is 10.9. The Labute approximate surface area is 183 Å². The van der Waals surface area contributed by atoms with E-state index in [1.54, 1.807) is 0 Å². The van der Waals surface area contributed by atoms with Gasteiger partial charge in [-0.2, -0.15) is 4.98 Å². The summed E-state index contributed by atoms with van der Waals surface area (Å²) in [6.07, 6.45) is 0.473. The maximum absolute atomic E-state index is 9.89. The molecule has 2 aromatic carbocycles. The number of hydrogen-bond acceptors (Lipinski definition) is 6. The number of aromatic amines is 1. The first-order chi connectivity index (χ1) is 15.1. The number of nitrogens with one attached hydrogen (secondary N) is 1. The summed E-state index contributed by atoms with van der Waals surface area (Å²) in [5.41, 5.74) is 4.52. The molecule has 3 fully saturated rings. The first kappa shape index (κ1) is 19.5. The van der Waals surface area contributed by atoms with Crippen molar-refractivity contribution in [2.24, 2.45) is 0 Å². The van der Waals surface area contributed by atoms with Gasteiger partial charge >= 0.3 is 0 Å². The molecule has 3 heterocycles. The van der Waals surface area contributed by atoms with Crippen molar-refractivity contribution in [2.75, 3.05) is 19.8 Å². The molecule has 8 heteroatoms. The number of aliphatic hydroxyl groups is 2. The molecular formula is C23H23ClN2O5. The van der Waals surface area contributed by atoms with Crippen LogP contribution in [0, 0.1) is 0 Å². The number of fused-ring (bicyclic) bond motifs is 2. The number of imidazole rings is 1. The second kappa shape index (κ2) is 7.18. The van der Waals surface area contributed by atoms with E-state index in [0.29, 0.717) is 17.6 Å². The average Bonchev–Trinajstić information content (AvgIpc) is 3.12. The summed E-state index contributed by atoms with van der Waals surface area (Å²) in [4.78, 5) is 7.73. The minimum absolute atomic E-state index is 0.0528. The Bertz CT molecular complexity index is 1130. The maximum atomic E-state index is 9.89. The zero-order valence-electron chi connectivity index (χ0n) is 16.8. The van der Waals surface area contributed by atoms with Gasteiger partial charge in [-0.15, -0.1) is 0 Å². The summed E-state index contributed by atoms with van der Waals surface area (Å²) >= 11 is 6.58. The van der Waals surface area contributed by atoms with Crippen LogP contribution in [0.3, 0.4) is 0 Å². The molecule has 3 N–H and O–H groups in total. The number of aromatic nitrogens is 2. The molecule has 31 heavy (non-hydrogen) atoms. The van der Waals surface area contributed by atoms with Gasteiger partial charge < -0.3 is 29.4 Å². The number of rotatable bonds is 5. The lowest BCUT2D eigenvalue weighted by atomic mass is 9.94. The number of hydrogen-bond donors (Lipinski definition) is 3. The molecule has 3 aliphatic rings. The third-order valence-electron chi connectivity index (χ3n) is 6.76. The zero-order chi connectivity index (χ0) is 21.2. The number of nitrogens with zero attached hydrogens (tertiary/aromatic N) is 1. The third kappa shape index (κ3) is 3.23. The number of H-pyrrole nitrogens is 1.